The maximum absolute atomic E-state index is 12.6. The molecule has 26 heavy (non-hydrogen) atoms. The van der Waals surface area contributed by atoms with Crippen molar-refractivity contribution in [3.05, 3.63) is 35.9 Å². The second kappa shape index (κ2) is 7.46. The Balaban J connectivity index is 1.59. The van der Waals surface area contributed by atoms with Gasteiger partial charge in [0.1, 0.15) is 14.7 Å². The lowest BCUT2D eigenvalue weighted by atomic mass is 9.84. The van der Waals surface area contributed by atoms with Crippen molar-refractivity contribution in [1.82, 2.24) is 4.90 Å². The molecule has 2 heterocycles. The van der Waals surface area contributed by atoms with Gasteiger partial charge in [-0.2, -0.15) is 0 Å². The fourth-order valence-electron chi connectivity index (χ4n) is 4.03. The zero-order valence-corrected chi connectivity index (χ0v) is 17.0. The lowest BCUT2D eigenvalue weighted by Crippen LogP contribution is -2.53. The molecule has 0 spiro atoms. The highest BCUT2D eigenvalue weighted by Gasteiger charge is 2.49. The van der Waals surface area contributed by atoms with Gasteiger partial charge in [0.2, 0.25) is 0 Å². The van der Waals surface area contributed by atoms with E-state index in [1.807, 2.05) is 35.2 Å². The quantitative estimate of drug-likeness (QED) is 0.646. The second-order valence-corrected chi connectivity index (χ2v) is 13.4. The Morgan fingerprint density at radius 1 is 1.23 bits per heavy atom. The topological polar surface area (TPSA) is 49.8 Å². The minimum atomic E-state index is -1.42. The molecule has 1 N–H and O–H groups in total. The number of benzene rings is 1. The minimum absolute atomic E-state index is 0.0655. The van der Waals surface area contributed by atoms with Crippen LogP contribution in [0.5, 0.6) is 0 Å². The Morgan fingerprint density at radius 3 is 2.42 bits per heavy atom. The Labute approximate surface area is 157 Å². The molecule has 2 fully saturated rings. The number of fused-ring (bicyclic) bond motifs is 2. The summed E-state index contributed by atoms with van der Waals surface area (Å²) in [5.74, 6) is 3.22. The van der Waals surface area contributed by atoms with Crippen molar-refractivity contribution in [2.24, 2.45) is 0 Å². The highest BCUT2D eigenvalue weighted by atomic mass is 28.3. The van der Waals surface area contributed by atoms with Gasteiger partial charge in [-0.15, -0.1) is 11.5 Å². The molecule has 2 atom stereocenters. The third kappa shape index (κ3) is 4.69. The van der Waals surface area contributed by atoms with Gasteiger partial charge in [-0.05, 0) is 31.2 Å². The number of ether oxygens (including phenoxy) is 1. The molecule has 140 valence electrons. The number of nitrogens with zero attached hydrogens (tertiary/aromatic N) is 1. The summed E-state index contributed by atoms with van der Waals surface area (Å²) in [6.07, 6.45) is 3.34. The standard InChI is InChI=1S/C21H29NO3Si/c1-26(2,3)13-7-12-21(24)14-18-10-11-19(15-21)22(18)20(23)25-16-17-8-5-4-6-9-17/h4-6,8-9,18-19,24H,10-12,14-16H2,1-3H3. The molecule has 4 nitrogen and oxygen atoms in total. The number of piperidine rings is 1. The Morgan fingerprint density at radius 2 is 1.85 bits per heavy atom. The third-order valence-electron chi connectivity index (χ3n) is 5.15. The number of hydrogen-bond acceptors (Lipinski definition) is 3. The molecule has 2 aliphatic rings. The first-order valence-corrected chi connectivity index (χ1v) is 13.0. The molecule has 3 rings (SSSR count). The molecule has 0 radical (unpaired) electrons. The highest BCUT2D eigenvalue weighted by Crippen LogP contribution is 2.42. The summed E-state index contributed by atoms with van der Waals surface area (Å²) in [7, 11) is -1.42. The summed E-state index contributed by atoms with van der Waals surface area (Å²) in [6.45, 7) is 6.92. The highest BCUT2D eigenvalue weighted by molar-refractivity contribution is 6.83. The Bertz CT molecular complexity index is 687. The summed E-state index contributed by atoms with van der Waals surface area (Å²) in [6, 6.07) is 9.86. The Kier molecular flexibility index (Phi) is 5.45. The van der Waals surface area contributed by atoms with Gasteiger partial charge in [0.25, 0.3) is 0 Å². The van der Waals surface area contributed by atoms with Crippen molar-refractivity contribution in [1.29, 1.82) is 0 Å². The van der Waals surface area contributed by atoms with Crippen LogP contribution in [0.3, 0.4) is 0 Å². The fraction of sp³-hybridized carbons (Fsp3) is 0.571. The normalized spacial score (nSPS) is 27.6. The smallest absolute Gasteiger partial charge is 0.410 e. The maximum atomic E-state index is 12.6. The predicted octanol–water partition coefficient (Wildman–Crippen LogP) is 3.95. The molecular formula is C21H29NO3Si. The molecule has 2 saturated heterocycles. The monoisotopic (exact) mass is 371 g/mol. The van der Waals surface area contributed by atoms with Gasteiger partial charge in [-0.1, -0.05) is 50.0 Å². The van der Waals surface area contributed by atoms with Gasteiger partial charge in [-0.25, -0.2) is 4.79 Å². The van der Waals surface area contributed by atoms with Crippen molar-refractivity contribution in [2.75, 3.05) is 0 Å². The summed E-state index contributed by atoms with van der Waals surface area (Å²) in [5.41, 5.74) is 3.56. The molecule has 2 bridgehead atoms. The molecular weight excluding hydrogens is 342 g/mol. The van der Waals surface area contributed by atoms with Crippen LogP contribution in [-0.2, 0) is 11.3 Å². The first-order chi connectivity index (χ1) is 12.3. The van der Waals surface area contributed by atoms with E-state index < -0.39 is 13.7 Å². The number of carbonyl (C=O) groups is 1. The van der Waals surface area contributed by atoms with Crippen LogP contribution in [0.4, 0.5) is 4.79 Å². The zero-order chi connectivity index (χ0) is 18.8. The van der Waals surface area contributed by atoms with Crippen LogP contribution < -0.4 is 0 Å². The van der Waals surface area contributed by atoms with Crippen molar-refractivity contribution in [3.63, 3.8) is 0 Å². The molecule has 1 amide bonds. The van der Waals surface area contributed by atoms with Crippen molar-refractivity contribution >= 4 is 14.2 Å². The molecule has 2 unspecified atom stereocenters. The van der Waals surface area contributed by atoms with E-state index in [1.165, 1.54) is 0 Å². The SMILES string of the molecule is C[Si](C)(C)C#CCC1(O)CC2CCC(C1)N2C(=O)OCc1ccccc1. The van der Waals surface area contributed by atoms with Gasteiger partial charge in [0.05, 0.1) is 5.60 Å². The van der Waals surface area contributed by atoms with Crippen molar-refractivity contribution < 1.29 is 14.6 Å². The summed E-state index contributed by atoms with van der Waals surface area (Å²) in [4.78, 5) is 14.5. The van der Waals surface area contributed by atoms with Crippen LogP contribution in [0.2, 0.25) is 19.6 Å². The largest absolute Gasteiger partial charge is 0.445 e. The average Bonchev–Trinajstić information content (AvgIpc) is 2.85. The minimum Gasteiger partial charge on any atom is -0.445 e. The second-order valence-electron chi connectivity index (χ2n) is 8.69. The van der Waals surface area contributed by atoms with E-state index in [0.717, 1.165) is 18.4 Å². The molecule has 0 saturated carbocycles. The van der Waals surface area contributed by atoms with Crippen LogP contribution in [0.1, 0.15) is 37.7 Å². The van der Waals surface area contributed by atoms with Crippen LogP contribution in [0.15, 0.2) is 30.3 Å². The average molecular weight is 372 g/mol. The maximum Gasteiger partial charge on any atom is 0.410 e. The first kappa shape index (κ1) is 19.0. The molecule has 0 aliphatic carbocycles. The van der Waals surface area contributed by atoms with Gasteiger partial charge >= 0.3 is 6.09 Å². The van der Waals surface area contributed by atoms with Crippen LogP contribution in [0.25, 0.3) is 0 Å². The third-order valence-corrected chi connectivity index (χ3v) is 6.07. The molecule has 2 aliphatic heterocycles. The van der Waals surface area contributed by atoms with Gasteiger partial charge in [0, 0.05) is 18.5 Å². The van der Waals surface area contributed by atoms with E-state index in [0.29, 0.717) is 25.9 Å². The lowest BCUT2D eigenvalue weighted by Gasteiger charge is -2.42. The molecule has 5 heteroatoms. The molecule has 0 aromatic heterocycles. The molecule has 1 aromatic carbocycles. The number of carbonyl (C=O) groups excluding carboxylic acids is 1. The lowest BCUT2D eigenvalue weighted by molar-refractivity contribution is -0.0455. The van der Waals surface area contributed by atoms with E-state index in [4.69, 9.17) is 4.74 Å². The summed E-state index contributed by atoms with van der Waals surface area (Å²) >= 11 is 0. The number of amides is 1. The Hall–Kier alpha value is -1.77. The van der Waals surface area contributed by atoms with Crippen LogP contribution >= 0.6 is 0 Å². The number of hydrogen-bond donors (Lipinski definition) is 1. The number of rotatable bonds is 3. The van der Waals surface area contributed by atoms with E-state index >= 15 is 0 Å². The van der Waals surface area contributed by atoms with Gasteiger partial charge in [0.15, 0.2) is 0 Å². The van der Waals surface area contributed by atoms with Crippen LogP contribution in [0, 0.1) is 11.5 Å². The summed E-state index contributed by atoms with van der Waals surface area (Å²) in [5, 5.41) is 11.0. The van der Waals surface area contributed by atoms with Crippen molar-refractivity contribution in [2.45, 2.75) is 76.0 Å². The molecule has 1 aromatic rings. The zero-order valence-electron chi connectivity index (χ0n) is 16.0. The van der Waals surface area contributed by atoms with E-state index in [1.54, 1.807) is 0 Å². The van der Waals surface area contributed by atoms with E-state index in [-0.39, 0.29) is 18.2 Å². The first-order valence-electron chi connectivity index (χ1n) is 9.47. The van der Waals surface area contributed by atoms with E-state index in [2.05, 4.69) is 31.1 Å². The predicted molar refractivity (Wildman–Crippen MR) is 105 cm³/mol. The van der Waals surface area contributed by atoms with E-state index in [9.17, 15) is 9.90 Å². The summed E-state index contributed by atoms with van der Waals surface area (Å²) < 4.78 is 5.53. The van der Waals surface area contributed by atoms with Crippen LogP contribution in [-0.4, -0.2) is 41.9 Å². The fourth-order valence-corrected chi connectivity index (χ4v) is 4.65. The number of aliphatic hydroxyl groups is 1. The van der Waals surface area contributed by atoms with Crippen molar-refractivity contribution in [3.8, 4) is 11.5 Å². The van der Waals surface area contributed by atoms with Gasteiger partial charge in [-0.3, -0.25) is 0 Å². The van der Waals surface area contributed by atoms with Gasteiger partial charge < -0.3 is 14.7 Å².